The summed E-state index contributed by atoms with van der Waals surface area (Å²) in [5.41, 5.74) is 5.44. The third-order valence-corrected chi connectivity index (χ3v) is 7.91. The number of hydrogen-bond acceptors (Lipinski definition) is 9. The van der Waals surface area contributed by atoms with Crippen LogP contribution in [-0.4, -0.2) is 30.5 Å². The lowest BCUT2D eigenvalue weighted by Crippen LogP contribution is -2.11. The summed E-state index contributed by atoms with van der Waals surface area (Å²) in [6.45, 7) is 1.59. The van der Waals surface area contributed by atoms with E-state index in [1.165, 1.54) is 68.9 Å². The number of nitro groups is 1. The van der Waals surface area contributed by atoms with E-state index < -0.39 is 4.92 Å². The van der Waals surface area contributed by atoms with Crippen LogP contribution in [0.1, 0.15) is 56.3 Å². The van der Waals surface area contributed by atoms with Crippen LogP contribution in [0.5, 0.6) is 5.75 Å². The molecule has 41 heavy (non-hydrogen) atoms. The summed E-state index contributed by atoms with van der Waals surface area (Å²) in [6.07, 6.45) is 6.41. The first kappa shape index (κ1) is 28.0. The predicted octanol–water partition coefficient (Wildman–Crippen LogP) is 6.91. The smallest absolute Gasteiger partial charge is 0.269 e. The van der Waals surface area contributed by atoms with E-state index in [1.807, 2.05) is 47.0 Å². The minimum atomic E-state index is -0.478. The Hall–Kier alpha value is -4.51. The van der Waals surface area contributed by atoms with Gasteiger partial charge in [-0.1, -0.05) is 49.6 Å². The van der Waals surface area contributed by atoms with Crippen LogP contribution in [-0.2, 0) is 11.4 Å². The zero-order chi connectivity index (χ0) is 28.6. The number of ether oxygens (including phenoxy) is 1. The second-order valence-corrected chi connectivity index (χ2v) is 10.7. The Labute approximate surface area is 242 Å². The third-order valence-electron chi connectivity index (χ3n) is 6.89. The minimum absolute atomic E-state index is 0.0356. The number of para-hydroxylation sites is 1. The largest absolute Gasteiger partial charge is 0.486 e. The third kappa shape index (κ3) is 7.17. The molecule has 1 aliphatic carbocycles. The summed E-state index contributed by atoms with van der Waals surface area (Å²) < 4.78 is 7.94. The number of anilines is 1. The molecule has 0 radical (unpaired) electrons. The average molecular weight is 571 g/mol. The van der Waals surface area contributed by atoms with Gasteiger partial charge < -0.3 is 4.74 Å². The highest BCUT2D eigenvalue weighted by Crippen LogP contribution is 2.33. The molecule has 0 atom stereocenters. The highest BCUT2D eigenvalue weighted by Gasteiger charge is 2.20. The van der Waals surface area contributed by atoms with E-state index in [1.54, 1.807) is 0 Å². The number of rotatable bonds is 10. The number of carbonyl (C=O) groups excluding carboxylic acids is 1. The lowest BCUT2D eigenvalue weighted by molar-refractivity contribution is -0.384. The van der Waals surface area contributed by atoms with Crippen LogP contribution in [0.4, 0.5) is 11.4 Å². The van der Waals surface area contributed by atoms with E-state index in [-0.39, 0.29) is 23.1 Å². The Bertz CT molecular complexity index is 1520. The Morgan fingerprint density at radius 2 is 1.73 bits per heavy atom. The molecule has 1 heterocycles. The molecule has 210 valence electrons. The van der Waals surface area contributed by atoms with Gasteiger partial charge in [0.05, 0.1) is 10.6 Å². The predicted molar refractivity (Wildman–Crippen MR) is 159 cm³/mol. The Morgan fingerprint density at radius 3 is 2.39 bits per heavy atom. The first-order valence-electron chi connectivity index (χ1n) is 13.5. The number of nitrogens with zero attached hydrogens (tertiary/aromatic N) is 5. The molecule has 0 amide bonds. The molecule has 0 bridgehead atoms. The van der Waals surface area contributed by atoms with Crippen molar-refractivity contribution >= 4 is 34.0 Å². The number of hydrazone groups is 1. The Balaban J connectivity index is 1.33. The van der Waals surface area contributed by atoms with E-state index >= 15 is 0 Å². The topological polar surface area (TPSA) is 125 Å². The van der Waals surface area contributed by atoms with Crippen LogP contribution in [0.2, 0.25) is 0 Å². The quantitative estimate of drug-likeness (QED) is 0.0717. The van der Waals surface area contributed by atoms with Crippen LogP contribution in [0.3, 0.4) is 0 Å². The maximum absolute atomic E-state index is 12.5. The van der Waals surface area contributed by atoms with Crippen molar-refractivity contribution in [3.63, 3.8) is 0 Å². The fourth-order valence-electron chi connectivity index (χ4n) is 4.75. The zero-order valence-corrected chi connectivity index (χ0v) is 23.4. The molecule has 1 aliphatic rings. The molecule has 3 aromatic carbocycles. The first-order valence-corrected chi connectivity index (χ1v) is 14.3. The normalized spacial score (nSPS) is 14.0. The van der Waals surface area contributed by atoms with Crippen molar-refractivity contribution in [3.05, 3.63) is 100 Å². The summed E-state index contributed by atoms with van der Waals surface area (Å²) in [6, 6.07) is 23.7. The zero-order valence-electron chi connectivity index (χ0n) is 22.6. The van der Waals surface area contributed by atoms with Crippen molar-refractivity contribution in [2.45, 2.75) is 56.7 Å². The molecule has 1 saturated carbocycles. The van der Waals surface area contributed by atoms with Gasteiger partial charge in [0, 0.05) is 24.7 Å². The molecule has 1 N–H and O–H groups in total. The van der Waals surface area contributed by atoms with Crippen molar-refractivity contribution in [2.75, 3.05) is 5.43 Å². The van der Waals surface area contributed by atoms with Crippen molar-refractivity contribution < 1.29 is 14.5 Å². The lowest BCUT2D eigenvalue weighted by atomic mass is 9.84. The van der Waals surface area contributed by atoms with Crippen molar-refractivity contribution in [2.24, 2.45) is 5.10 Å². The second-order valence-electron chi connectivity index (χ2n) is 9.75. The van der Waals surface area contributed by atoms with Crippen molar-refractivity contribution in [1.29, 1.82) is 0 Å². The number of hydrogen-bond donors (Lipinski definition) is 1. The van der Waals surface area contributed by atoms with Crippen LogP contribution in [0.25, 0.3) is 5.69 Å². The van der Waals surface area contributed by atoms with Crippen LogP contribution in [0, 0.1) is 10.1 Å². The summed E-state index contributed by atoms with van der Waals surface area (Å²) in [5.74, 6) is 1.68. The van der Waals surface area contributed by atoms with Gasteiger partial charge in [-0.2, -0.15) is 5.10 Å². The molecular weight excluding hydrogens is 540 g/mol. The fraction of sp³-hybridized carbons (Fsp3) is 0.267. The molecule has 5 rings (SSSR count). The Kier molecular flexibility index (Phi) is 9.05. The van der Waals surface area contributed by atoms with E-state index in [0.717, 1.165) is 23.2 Å². The average Bonchev–Trinajstić information content (AvgIpc) is 3.41. The van der Waals surface area contributed by atoms with Gasteiger partial charge >= 0.3 is 0 Å². The number of nitro benzene ring substituents is 1. The number of thioether (sulfide) groups is 1. The Morgan fingerprint density at radius 1 is 1.02 bits per heavy atom. The molecule has 0 spiro atoms. The van der Waals surface area contributed by atoms with Gasteiger partial charge in [-0.15, -0.1) is 10.2 Å². The number of nitrogens with one attached hydrogen (secondary N) is 1. The molecule has 11 heteroatoms. The summed E-state index contributed by atoms with van der Waals surface area (Å²) in [7, 11) is 0. The van der Waals surface area contributed by atoms with E-state index in [4.69, 9.17) is 4.74 Å². The van der Waals surface area contributed by atoms with Crippen LogP contribution < -0.4 is 10.2 Å². The summed E-state index contributed by atoms with van der Waals surface area (Å²) in [5, 5.41) is 24.5. The monoisotopic (exact) mass is 570 g/mol. The molecule has 1 aromatic heterocycles. The molecule has 0 unspecified atom stereocenters. The highest BCUT2D eigenvalue weighted by molar-refractivity contribution is 8.15. The molecule has 10 nitrogen and oxygen atoms in total. The standard InChI is InChI=1S/C30H30N6O4S/c1-21(37)29(33-31-24-14-16-26(17-15-24)36(38)39)41-30-34-32-28(35(30)25-10-6-3-7-11-25)20-40-27-18-12-23(13-19-27)22-8-4-2-5-9-22/h3,6-7,10-19,22,31H,2,4-5,8-9,20H2,1H3. The van der Waals surface area contributed by atoms with E-state index in [0.29, 0.717) is 22.6 Å². The van der Waals surface area contributed by atoms with Gasteiger partial charge in [-0.3, -0.25) is 24.9 Å². The molecule has 0 saturated heterocycles. The van der Waals surface area contributed by atoms with Crippen LogP contribution >= 0.6 is 11.8 Å². The van der Waals surface area contributed by atoms with Crippen LogP contribution in [0.15, 0.2) is 89.1 Å². The second kappa shape index (κ2) is 13.2. The van der Waals surface area contributed by atoms with Gasteiger partial charge in [-0.25, -0.2) is 0 Å². The SMILES string of the molecule is CC(=O)C(=NNc1ccc([N+](=O)[O-])cc1)Sc1nnc(COc2ccc(C3CCCCC3)cc2)n1-c1ccccc1. The molecule has 0 aliphatic heterocycles. The maximum atomic E-state index is 12.5. The number of carbonyl (C=O) groups is 1. The maximum Gasteiger partial charge on any atom is 0.269 e. The molecule has 4 aromatic rings. The first-order chi connectivity index (χ1) is 20.0. The fourth-order valence-corrected chi connectivity index (χ4v) is 5.54. The van der Waals surface area contributed by atoms with Gasteiger partial charge in [0.2, 0.25) is 5.16 Å². The van der Waals surface area contributed by atoms with E-state index in [9.17, 15) is 14.9 Å². The van der Waals surface area contributed by atoms with E-state index in [2.05, 4.69) is 32.9 Å². The lowest BCUT2D eigenvalue weighted by Gasteiger charge is -2.22. The van der Waals surface area contributed by atoms with Crippen molar-refractivity contribution in [1.82, 2.24) is 14.8 Å². The molecular formula is C30H30N6O4S. The summed E-state index contributed by atoms with van der Waals surface area (Å²) in [4.78, 5) is 22.9. The van der Waals surface area contributed by atoms with Crippen molar-refractivity contribution in [3.8, 4) is 11.4 Å². The number of aromatic nitrogens is 3. The van der Waals surface area contributed by atoms with Gasteiger partial charge in [0.25, 0.3) is 5.69 Å². The summed E-state index contributed by atoms with van der Waals surface area (Å²) >= 11 is 1.07. The number of Topliss-reactive ketones (excluding diaryl/α,β-unsaturated/α-hetero) is 1. The number of non-ortho nitro benzene ring substituents is 1. The minimum Gasteiger partial charge on any atom is -0.486 e. The number of ketones is 1. The van der Waals surface area contributed by atoms with Gasteiger partial charge in [0.1, 0.15) is 12.4 Å². The van der Waals surface area contributed by atoms with Gasteiger partial charge in [-0.05, 0) is 72.5 Å². The number of benzene rings is 3. The van der Waals surface area contributed by atoms with Gasteiger partial charge in [0.15, 0.2) is 16.7 Å². The molecule has 1 fully saturated rings. The highest BCUT2D eigenvalue weighted by atomic mass is 32.2.